The van der Waals surface area contributed by atoms with Crippen molar-refractivity contribution in [3.63, 3.8) is 0 Å². The lowest BCUT2D eigenvalue weighted by atomic mass is 9.92. The van der Waals surface area contributed by atoms with E-state index in [1.54, 1.807) is 0 Å². The highest BCUT2D eigenvalue weighted by Crippen LogP contribution is 2.40. The first-order chi connectivity index (χ1) is 12.0. The molecule has 0 saturated heterocycles. The molecule has 1 saturated carbocycles. The van der Waals surface area contributed by atoms with Gasteiger partial charge in [0.25, 0.3) is 0 Å². The molecule has 3 atom stereocenters. The van der Waals surface area contributed by atoms with Gasteiger partial charge in [0.15, 0.2) is 16.6 Å². The van der Waals surface area contributed by atoms with Crippen LogP contribution in [0, 0.1) is 11.8 Å². The molecule has 0 aliphatic heterocycles. The largest absolute Gasteiger partial charge is 0.417 e. The number of hydrogen-bond acceptors (Lipinski definition) is 2. The Morgan fingerprint density at radius 3 is 1.80 bits per heavy atom. The quantitative estimate of drug-likeness (QED) is 0.251. The minimum Gasteiger partial charge on any atom is -0.417 e. The maximum absolute atomic E-state index is 6.90. The molecule has 0 aromatic carbocycles. The lowest BCUT2D eigenvalue weighted by molar-refractivity contribution is 0.116. The number of rotatable bonds is 13. The Morgan fingerprint density at radius 2 is 1.36 bits per heavy atom. The van der Waals surface area contributed by atoms with E-state index in [4.69, 9.17) is 8.85 Å². The summed E-state index contributed by atoms with van der Waals surface area (Å²) in [6, 6.07) is 7.47. The van der Waals surface area contributed by atoms with Crippen molar-refractivity contribution in [2.45, 2.75) is 103 Å². The Kier molecular flexibility index (Phi) is 10.2. The van der Waals surface area contributed by atoms with Crippen molar-refractivity contribution in [2.75, 3.05) is 6.61 Å². The van der Waals surface area contributed by atoms with Gasteiger partial charge in [-0.3, -0.25) is 0 Å². The second-order valence-corrected chi connectivity index (χ2v) is 17.4. The van der Waals surface area contributed by atoms with Crippen molar-refractivity contribution in [2.24, 2.45) is 11.8 Å². The van der Waals surface area contributed by atoms with E-state index in [0.717, 1.165) is 13.0 Å². The highest BCUT2D eigenvalue weighted by atomic mass is 28.4. The predicted octanol–water partition coefficient (Wildman–Crippen LogP) is 7.00. The molecule has 0 unspecified atom stereocenters. The normalized spacial score (nSPS) is 24.6. The number of hydrogen-bond donors (Lipinski definition) is 0. The highest BCUT2D eigenvalue weighted by Gasteiger charge is 2.41. The molecule has 0 bridgehead atoms. The first kappa shape index (κ1) is 23.1. The van der Waals surface area contributed by atoms with Crippen molar-refractivity contribution >= 4 is 16.6 Å². The molecule has 0 heterocycles. The maximum Gasteiger partial charge on any atom is 0.192 e. The summed E-state index contributed by atoms with van der Waals surface area (Å²) in [6.07, 6.45) is 6.24. The van der Waals surface area contributed by atoms with Crippen LogP contribution in [-0.4, -0.2) is 29.3 Å². The Labute approximate surface area is 160 Å². The molecule has 0 N–H and O–H groups in total. The van der Waals surface area contributed by atoms with E-state index in [2.05, 4.69) is 54.2 Å². The van der Waals surface area contributed by atoms with E-state index in [0.29, 0.717) is 17.9 Å². The van der Waals surface area contributed by atoms with Gasteiger partial charge in [-0.25, -0.2) is 0 Å². The van der Waals surface area contributed by atoms with Gasteiger partial charge in [0.05, 0.1) is 0 Å². The molecule has 1 fully saturated rings. The summed E-state index contributed by atoms with van der Waals surface area (Å²) in [5.41, 5.74) is 0. The van der Waals surface area contributed by atoms with Crippen molar-refractivity contribution in [3.05, 3.63) is 12.7 Å². The van der Waals surface area contributed by atoms with E-state index in [1.165, 1.54) is 49.1 Å². The molecule has 0 aromatic heterocycles. The highest BCUT2D eigenvalue weighted by molar-refractivity contribution is 6.74. The van der Waals surface area contributed by atoms with E-state index in [9.17, 15) is 0 Å². The predicted molar refractivity (Wildman–Crippen MR) is 116 cm³/mol. The zero-order chi connectivity index (χ0) is 18.9. The Bertz CT molecular complexity index is 362. The summed E-state index contributed by atoms with van der Waals surface area (Å²) < 4.78 is 13.4. The number of allylic oxidation sites excluding steroid dienone is 1. The third-order valence-corrected chi connectivity index (χ3v) is 16.6. The fourth-order valence-corrected chi connectivity index (χ4v) is 10.3. The van der Waals surface area contributed by atoms with Crippen LogP contribution in [0.3, 0.4) is 0 Å². The van der Waals surface area contributed by atoms with E-state index >= 15 is 0 Å². The molecule has 148 valence electrons. The molecule has 4 heteroatoms. The fraction of sp³-hybridized carbons (Fsp3) is 0.905. The van der Waals surface area contributed by atoms with Crippen LogP contribution in [0.5, 0.6) is 0 Å². The monoisotopic (exact) mass is 384 g/mol. The molecule has 0 radical (unpaired) electrons. The Hall–Kier alpha value is 0.0938. The Balaban J connectivity index is 2.73. The molecule has 0 spiro atoms. The third-order valence-electron chi connectivity index (χ3n) is 7.24. The molecule has 0 aromatic rings. The van der Waals surface area contributed by atoms with E-state index < -0.39 is 16.6 Å². The molecular formula is C21H44O2Si2. The van der Waals surface area contributed by atoms with Crippen molar-refractivity contribution < 1.29 is 8.85 Å². The van der Waals surface area contributed by atoms with Gasteiger partial charge < -0.3 is 8.85 Å². The average Bonchev–Trinajstić information content (AvgIpc) is 3.05. The molecular weight excluding hydrogens is 340 g/mol. The molecule has 1 aliphatic rings. The van der Waals surface area contributed by atoms with Crippen LogP contribution in [0.25, 0.3) is 0 Å². The summed E-state index contributed by atoms with van der Waals surface area (Å²) in [5, 5.41) is 0. The lowest BCUT2D eigenvalue weighted by Gasteiger charge is -2.36. The van der Waals surface area contributed by atoms with Gasteiger partial charge in [-0.15, -0.1) is 6.58 Å². The third kappa shape index (κ3) is 5.78. The van der Waals surface area contributed by atoms with Gasteiger partial charge in [-0.1, -0.05) is 47.6 Å². The van der Waals surface area contributed by atoms with Crippen LogP contribution in [0.15, 0.2) is 12.7 Å². The van der Waals surface area contributed by atoms with Gasteiger partial charge in [-0.2, -0.15) is 0 Å². The SMILES string of the molecule is C=C[C@H]1CC[C@@H](O[Si](CC)(CC)CC)[C@H]1CCO[Si](CC)(CC)CC. The van der Waals surface area contributed by atoms with Crippen LogP contribution in [0.1, 0.15) is 60.8 Å². The lowest BCUT2D eigenvalue weighted by Crippen LogP contribution is -2.42. The van der Waals surface area contributed by atoms with E-state index in [1.807, 2.05) is 0 Å². The minimum absolute atomic E-state index is 0.444. The molecule has 25 heavy (non-hydrogen) atoms. The van der Waals surface area contributed by atoms with Crippen LogP contribution >= 0.6 is 0 Å². The first-order valence-corrected chi connectivity index (χ1v) is 16.0. The van der Waals surface area contributed by atoms with Crippen molar-refractivity contribution in [3.8, 4) is 0 Å². The summed E-state index contributed by atoms with van der Waals surface area (Å²) in [7, 11) is -3.00. The van der Waals surface area contributed by atoms with Crippen molar-refractivity contribution in [1.82, 2.24) is 0 Å². The smallest absolute Gasteiger partial charge is 0.192 e. The summed E-state index contributed by atoms with van der Waals surface area (Å²) in [6.45, 7) is 19.0. The standard InChI is InChI=1S/C21H44O2Si2/c1-8-19-15-16-21(23-25(12-5,13-6)14-7)20(19)17-18-22-24(9-2,10-3)11-4/h8,19-21H,1,9-18H2,2-7H3/t19-,20-,21+/m0/s1. The zero-order valence-electron chi connectivity index (χ0n) is 17.9. The Morgan fingerprint density at radius 1 is 0.840 bits per heavy atom. The fourth-order valence-electron chi connectivity index (χ4n) is 4.69. The second kappa shape index (κ2) is 11.1. The summed E-state index contributed by atoms with van der Waals surface area (Å²) in [4.78, 5) is 0. The van der Waals surface area contributed by atoms with Gasteiger partial charge in [0.2, 0.25) is 0 Å². The van der Waals surface area contributed by atoms with Crippen LogP contribution < -0.4 is 0 Å². The second-order valence-electron chi connectivity index (χ2n) is 7.92. The van der Waals surface area contributed by atoms with Crippen molar-refractivity contribution in [1.29, 1.82) is 0 Å². The molecule has 2 nitrogen and oxygen atoms in total. The average molecular weight is 385 g/mol. The van der Waals surface area contributed by atoms with Crippen LogP contribution in [-0.2, 0) is 8.85 Å². The zero-order valence-corrected chi connectivity index (χ0v) is 19.9. The van der Waals surface area contributed by atoms with Crippen LogP contribution in [0.4, 0.5) is 0 Å². The van der Waals surface area contributed by atoms with Gasteiger partial charge in [0, 0.05) is 12.7 Å². The summed E-state index contributed by atoms with van der Waals surface area (Å²) in [5.74, 6) is 1.23. The first-order valence-electron chi connectivity index (χ1n) is 10.9. The van der Waals surface area contributed by atoms with Gasteiger partial charge in [-0.05, 0) is 67.4 Å². The molecule has 1 aliphatic carbocycles. The van der Waals surface area contributed by atoms with Gasteiger partial charge in [0.1, 0.15) is 0 Å². The molecule has 0 amide bonds. The minimum atomic E-state index is -1.53. The van der Waals surface area contributed by atoms with Gasteiger partial charge >= 0.3 is 0 Å². The molecule has 1 rings (SSSR count). The summed E-state index contributed by atoms with van der Waals surface area (Å²) >= 11 is 0. The van der Waals surface area contributed by atoms with E-state index in [-0.39, 0.29) is 0 Å². The maximum atomic E-state index is 6.90. The van der Waals surface area contributed by atoms with Crippen LogP contribution in [0.2, 0.25) is 36.3 Å². The topological polar surface area (TPSA) is 18.5 Å².